The van der Waals surface area contributed by atoms with Gasteiger partial charge in [-0.15, -0.1) is 0 Å². The first kappa shape index (κ1) is 15.1. The molecule has 1 heterocycles. The number of aliphatic hydroxyl groups excluding tert-OH is 1. The summed E-state index contributed by atoms with van der Waals surface area (Å²) in [7, 11) is 0. The SMILES string of the molecule is O=C(C1CC1c1ccc(Cl)cc1Cl)N1CCCC(CO)C1. The van der Waals surface area contributed by atoms with Crippen molar-refractivity contribution in [2.24, 2.45) is 11.8 Å². The molecule has 1 amide bonds. The number of hydrogen-bond acceptors (Lipinski definition) is 2. The quantitative estimate of drug-likeness (QED) is 0.925. The van der Waals surface area contributed by atoms with Crippen molar-refractivity contribution in [2.75, 3.05) is 19.7 Å². The van der Waals surface area contributed by atoms with Crippen LogP contribution in [0.25, 0.3) is 0 Å². The van der Waals surface area contributed by atoms with Crippen molar-refractivity contribution in [3.8, 4) is 0 Å². The molecule has 0 aromatic heterocycles. The van der Waals surface area contributed by atoms with Gasteiger partial charge in [-0.2, -0.15) is 0 Å². The van der Waals surface area contributed by atoms with Gasteiger partial charge in [-0.25, -0.2) is 0 Å². The molecule has 3 atom stereocenters. The number of piperidine rings is 1. The van der Waals surface area contributed by atoms with Gasteiger partial charge in [0.05, 0.1) is 0 Å². The Morgan fingerprint density at radius 1 is 1.38 bits per heavy atom. The molecule has 2 fully saturated rings. The second-order valence-corrected chi connectivity index (χ2v) is 6.93. The van der Waals surface area contributed by atoms with E-state index in [0.29, 0.717) is 16.6 Å². The molecule has 1 saturated heterocycles. The van der Waals surface area contributed by atoms with E-state index in [9.17, 15) is 9.90 Å². The largest absolute Gasteiger partial charge is 0.396 e. The van der Waals surface area contributed by atoms with Gasteiger partial charge in [0.2, 0.25) is 5.91 Å². The fourth-order valence-electron chi connectivity index (χ4n) is 3.26. The highest BCUT2D eigenvalue weighted by Gasteiger charge is 2.47. The maximum atomic E-state index is 12.6. The second kappa shape index (κ2) is 6.15. The van der Waals surface area contributed by atoms with E-state index in [4.69, 9.17) is 23.2 Å². The minimum atomic E-state index is 0.0427. The van der Waals surface area contributed by atoms with E-state index in [1.54, 1.807) is 6.07 Å². The number of halogens is 2. The Hall–Kier alpha value is -0.770. The summed E-state index contributed by atoms with van der Waals surface area (Å²) in [6.07, 6.45) is 2.86. The van der Waals surface area contributed by atoms with E-state index in [-0.39, 0.29) is 30.3 Å². The third-order valence-electron chi connectivity index (χ3n) is 4.56. The van der Waals surface area contributed by atoms with Gasteiger partial charge in [0, 0.05) is 35.7 Å². The standard InChI is InChI=1S/C16H19Cl2NO2/c17-11-3-4-12(15(18)6-11)13-7-14(13)16(21)19-5-1-2-10(8-19)9-20/h3-4,6,10,13-14,20H,1-2,5,7-9H2. The van der Waals surface area contributed by atoms with Crippen molar-refractivity contribution in [1.29, 1.82) is 0 Å². The number of benzene rings is 1. The highest BCUT2D eigenvalue weighted by Crippen LogP contribution is 2.51. The molecule has 1 aliphatic heterocycles. The Balaban J connectivity index is 1.65. The van der Waals surface area contributed by atoms with Crippen LogP contribution in [0, 0.1) is 11.8 Å². The van der Waals surface area contributed by atoms with Crippen LogP contribution in [0.3, 0.4) is 0 Å². The molecule has 2 aliphatic rings. The first-order valence-electron chi connectivity index (χ1n) is 7.44. The first-order chi connectivity index (χ1) is 10.1. The minimum Gasteiger partial charge on any atom is -0.396 e. The van der Waals surface area contributed by atoms with Gasteiger partial charge < -0.3 is 10.0 Å². The zero-order valence-corrected chi connectivity index (χ0v) is 13.3. The Kier molecular flexibility index (Phi) is 4.43. The molecule has 0 radical (unpaired) electrons. The molecule has 1 N–H and O–H groups in total. The summed E-state index contributed by atoms with van der Waals surface area (Å²) in [4.78, 5) is 14.5. The molecule has 1 aliphatic carbocycles. The topological polar surface area (TPSA) is 40.5 Å². The molecule has 1 aromatic rings. The van der Waals surface area contributed by atoms with Crippen LogP contribution in [0.5, 0.6) is 0 Å². The third kappa shape index (κ3) is 3.20. The predicted molar refractivity (Wildman–Crippen MR) is 83.7 cm³/mol. The number of likely N-dealkylation sites (tertiary alicyclic amines) is 1. The maximum absolute atomic E-state index is 12.6. The summed E-state index contributed by atoms with van der Waals surface area (Å²) in [5.74, 6) is 0.709. The second-order valence-electron chi connectivity index (χ2n) is 6.09. The Labute approximate surface area is 134 Å². The molecule has 1 saturated carbocycles. The van der Waals surface area contributed by atoms with Crippen LogP contribution < -0.4 is 0 Å². The van der Waals surface area contributed by atoms with Crippen LogP contribution in [0.2, 0.25) is 10.0 Å². The number of aliphatic hydroxyl groups is 1. The van der Waals surface area contributed by atoms with E-state index in [2.05, 4.69) is 0 Å². The van der Waals surface area contributed by atoms with Gasteiger partial charge in [-0.3, -0.25) is 4.79 Å². The molecule has 5 heteroatoms. The van der Waals surface area contributed by atoms with Crippen molar-refractivity contribution in [2.45, 2.75) is 25.2 Å². The number of hydrogen-bond donors (Lipinski definition) is 1. The monoisotopic (exact) mass is 327 g/mol. The molecule has 3 nitrogen and oxygen atoms in total. The minimum absolute atomic E-state index is 0.0427. The van der Waals surface area contributed by atoms with Gasteiger partial charge in [-0.1, -0.05) is 29.3 Å². The van der Waals surface area contributed by atoms with Crippen LogP contribution in [-0.4, -0.2) is 35.6 Å². The molecule has 3 unspecified atom stereocenters. The van der Waals surface area contributed by atoms with Crippen LogP contribution in [-0.2, 0) is 4.79 Å². The van der Waals surface area contributed by atoms with Crippen molar-refractivity contribution < 1.29 is 9.90 Å². The molecule has 3 rings (SSSR count). The van der Waals surface area contributed by atoms with Crippen molar-refractivity contribution in [3.05, 3.63) is 33.8 Å². The summed E-state index contributed by atoms with van der Waals surface area (Å²) in [6.45, 7) is 1.67. The highest BCUT2D eigenvalue weighted by atomic mass is 35.5. The number of rotatable bonds is 3. The summed E-state index contributed by atoms with van der Waals surface area (Å²) >= 11 is 12.1. The molecule has 0 bridgehead atoms. The first-order valence-corrected chi connectivity index (χ1v) is 8.20. The number of amides is 1. The van der Waals surface area contributed by atoms with E-state index in [1.165, 1.54) is 0 Å². The lowest BCUT2D eigenvalue weighted by atomic mass is 9.98. The molecular weight excluding hydrogens is 309 g/mol. The molecule has 0 spiro atoms. The molecule has 1 aromatic carbocycles. The third-order valence-corrected chi connectivity index (χ3v) is 5.12. The van der Waals surface area contributed by atoms with Crippen LogP contribution in [0.4, 0.5) is 0 Å². The molecule has 21 heavy (non-hydrogen) atoms. The van der Waals surface area contributed by atoms with Gasteiger partial charge in [0.25, 0.3) is 0 Å². The Bertz CT molecular complexity index is 549. The summed E-state index contributed by atoms with van der Waals surface area (Å²) in [5, 5.41) is 10.5. The number of carbonyl (C=O) groups excluding carboxylic acids is 1. The molecule has 114 valence electrons. The fraction of sp³-hybridized carbons (Fsp3) is 0.562. The summed E-state index contributed by atoms with van der Waals surface area (Å²) in [6, 6.07) is 5.49. The average Bonchev–Trinajstić information content (AvgIpc) is 3.27. The number of nitrogens with zero attached hydrogens (tertiary/aromatic N) is 1. The van der Waals surface area contributed by atoms with E-state index < -0.39 is 0 Å². The zero-order valence-electron chi connectivity index (χ0n) is 11.8. The van der Waals surface area contributed by atoms with Gasteiger partial charge in [0.1, 0.15) is 0 Å². The lowest BCUT2D eigenvalue weighted by Crippen LogP contribution is -2.41. The zero-order chi connectivity index (χ0) is 15.0. The highest BCUT2D eigenvalue weighted by molar-refractivity contribution is 6.35. The summed E-state index contributed by atoms with van der Waals surface area (Å²) < 4.78 is 0. The average molecular weight is 328 g/mol. The Morgan fingerprint density at radius 3 is 2.90 bits per heavy atom. The lowest BCUT2D eigenvalue weighted by molar-refractivity contribution is -0.134. The fourth-order valence-corrected chi connectivity index (χ4v) is 3.81. The van der Waals surface area contributed by atoms with Gasteiger partial charge >= 0.3 is 0 Å². The van der Waals surface area contributed by atoms with Crippen molar-refractivity contribution in [1.82, 2.24) is 4.90 Å². The van der Waals surface area contributed by atoms with Crippen molar-refractivity contribution >= 4 is 29.1 Å². The smallest absolute Gasteiger partial charge is 0.226 e. The number of carbonyl (C=O) groups is 1. The van der Waals surface area contributed by atoms with E-state index >= 15 is 0 Å². The van der Waals surface area contributed by atoms with Crippen LogP contribution >= 0.6 is 23.2 Å². The normalized spacial score (nSPS) is 28.5. The van der Waals surface area contributed by atoms with Crippen LogP contribution in [0.1, 0.15) is 30.7 Å². The van der Waals surface area contributed by atoms with E-state index in [0.717, 1.165) is 31.4 Å². The Morgan fingerprint density at radius 2 is 2.19 bits per heavy atom. The van der Waals surface area contributed by atoms with E-state index in [1.807, 2.05) is 17.0 Å². The predicted octanol–water partition coefficient (Wildman–Crippen LogP) is 3.33. The lowest BCUT2D eigenvalue weighted by Gasteiger charge is -2.32. The molecular formula is C16H19Cl2NO2. The summed E-state index contributed by atoms with van der Waals surface area (Å²) in [5.41, 5.74) is 1.02. The van der Waals surface area contributed by atoms with Crippen molar-refractivity contribution in [3.63, 3.8) is 0 Å². The maximum Gasteiger partial charge on any atom is 0.226 e. The van der Waals surface area contributed by atoms with Crippen LogP contribution in [0.15, 0.2) is 18.2 Å². The van der Waals surface area contributed by atoms with Gasteiger partial charge in [0.15, 0.2) is 0 Å². The van der Waals surface area contributed by atoms with Gasteiger partial charge in [-0.05, 0) is 48.8 Å².